The standard InChI is InChI=1S/C11H18N2O2/c1-2-13-5-7-15-10(8-12)11(13)9-4-3-6-14-9/h3-4,6,10-11H,2,5,7-8,12H2,1H3. The summed E-state index contributed by atoms with van der Waals surface area (Å²) in [5.74, 6) is 0.951. The molecule has 84 valence electrons. The second-order valence-corrected chi connectivity index (χ2v) is 3.73. The summed E-state index contributed by atoms with van der Waals surface area (Å²) in [6, 6.07) is 4.07. The maximum absolute atomic E-state index is 5.72. The lowest BCUT2D eigenvalue weighted by molar-refractivity contribution is -0.0721. The molecule has 1 aromatic rings. The fraction of sp³-hybridized carbons (Fsp3) is 0.636. The van der Waals surface area contributed by atoms with Gasteiger partial charge < -0.3 is 14.9 Å². The summed E-state index contributed by atoms with van der Waals surface area (Å²) >= 11 is 0. The third-order valence-corrected chi connectivity index (χ3v) is 2.93. The van der Waals surface area contributed by atoms with Crippen LogP contribution in [0.1, 0.15) is 18.7 Å². The van der Waals surface area contributed by atoms with Crippen LogP contribution < -0.4 is 5.73 Å². The highest BCUT2D eigenvalue weighted by Gasteiger charge is 2.33. The number of hydrogen-bond donors (Lipinski definition) is 1. The summed E-state index contributed by atoms with van der Waals surface area (Å²) in [5.41, 5.74) is 5.72. The van der Waals surface area contributed by atoms with Crippen molar-refractivity contribution < 1.29 is 9.15 Å². The van der Waals surface area contributed by atoms with Crippen molar-refractivity contribution in [1.82, 2.24) is 4.90 Å². The molecule has 15 heavy (non-hydrogen) atoms. The summed E-state index contributed by atoms with van der Waals surface area (Å²) in [7, 11) is 0. The van der Waals surface area contributed by atoms with Gasteiger partial charge in [-0.25, -0.2) is 0 Å². The number of likely N-dealkylation sites (N-methyl/N-ethyl adjacent to an activating group) is 1. The monoisotopic (exact) mass is 210 g/mol. The first-order valence-electron chi connectivity index (χ1n) is 5.46. The Hall–Kier alpha value is -0.840. The van der Waals surface area contributed by atoms with E-state index in [1.54, 1.807) is 6.26 Å². The molecule has 4 heteroatoms. The van der Waals surface area contributed by atoms with E-state index in [-0.39, 0.29) is 12.1 Å². The van der Waals surface area contributed by atoms with Gasteiger partial charge in [-0.3, -0.25) is 4.90 Å². The summed E-state index contributed by atoms with van der Waals surface area (Å²) in [5, 5.41) is 0. The smallest absolute Gasteiger partial charge is 0.123 e. The molecule has 1 fully saturated rings. The molecule has 0 aliphatic carbocycles. The summed E-state index contributed by atoms with van der Waals surface area (Å²) in [6.07, 6.45) is 1.75. The molecule has 4 nitrogen and oxygen atoms in total. The number of hydrogen-bond acceptors (Lipinski definition) is 4. The average Bonchev–Trinajstić information content (AvgIpc) is 2.81. The third-order valence-electron chi connectivity index (χ3n) is 2.93. The van der Waals surface area contributed by atoms with Crippen molar-refractivity contribution in [3.8, 4) is 0 Å². The number of furan rings is 1. The lowest BCUT2D eigenvalue weighted by atomic mass is 10.0. The Bertz CT molecular complexity index is 275. The molecule has 2 N–H and O–H groups in total. The van der Waals surface area contributed by atoms with Gasteiger partial charge in [0.15, 0.2) is 0 Å². The van der Waals surface area contributed by atoms with Gasteiger partial charge >= 0.3 is 0 Å². The van der Waals surface area contributed by atoms with Crippen LogP contribution in [-0.2, 0) is 4.74 Å². The van der Waals surface area contributed by atoms with Gasteiger partial charge in [0.25, 0.3) is 0 Å². The lowest BCUT2D eigenvalue weighted by Crippen LogP contribution is -2.47. The molecule has 0 amide bonds. The summed E-state index contributed by atoms with van der Waals surface area (Å²) in [6.45, 7) is 5.37. The molecule has 0 spiro atoms. The Morgan fingerprint density at radius 1 is 1.60 bits per heavy atom. The highest BCUT2D eigenvalue weighted by atomic mass is 16.5. The number of ether oxygens (including phenoxy) is 1. The minimum Gasteiger partial charge on any atom is -0.468 e. The topological polar surface area (TPSA) is 51.6 Å². The van der Waals surface area contributed by atoms with Gasteiger partial charge in [-0.2, -0.15) is 0 Å². The predicted molar refractivity (Wildman–Crippen MR) is 57.5 cm³/mol. The Morgan fingerprint density at radius 3 is 3.07 bits per heavy atom. The van der Waals surface area contributed by atoms with Gasteiger partial charge in [0.1, 0.15) is 5.76 Å². The molecule has 0 bridgehead atoms. The third kappa shape index (κ3) is 2.07. The van der Waals surface area contributed by atoms with Crippen LogP contribution in [0.3, 0.4) is 0 Å². The fourth-order valence-corrected chi connectivity index (χ4v) is 2.16. The first-order chi connectivity index (χ1) is 7.36. The second-order valence-electron chi connectivity index (χ2n) is 3.73. The van der Waals surface area contributed by atoms with Crippen molar-refractivity contribution in [2.45, 2.75) is 19.1 Å². The Balaban J connectivity index is 2.20. The fourth-order valence-electron chi connectivity index (χ4n) is 2.16. The summed E-state index contributed by atoms with van der Waals surface area (Å²) < 4.78 is 11.1. The molecule has 0 aromatic carbocycles. The second kappa shape index (κ2) is 4.79. The molecule has 1 aliphatic heterocycles. The van der Waals surface area contributed by atoms with E-state index in [0.29, 0.717) is 6.54 Å². The van der Waals surface area contributed by atoms with Crippen molar-refractivity contribution in [1.29, 1.82) is 0 Å². The largest absolute Gasteiger partial charge is 0.468 e. The summed E-state index contributed by atoms with van der Waals surface area (Å²) in [4.78, 5) is 2.35. The van der Waals surface area contributed by atoms with Gasteiger partial charge in [-0.05, 0) is 18.7 Å². The van der Waals surface area contributed by atoms with E-state index in [1.807, 2.05) is 12.1 Å². The number of rotatable bonds is 3. The predicted octanol–water partition coefficient (Wildman–Crippen LogP) is 1.00. The number of nitrogens with two attached hydrogens (primary N) is 1. The van der Waals surface area contributed by atoms with E-state index >= 15 is 0 Å². The molecule has 1 aromatic heterocycles. The highest BCUT2D eigenvalue weighted by Crippen LogP contribution is 2.28. The van der Waals surface area contributed by atoms with Gasteiger partial charge in [-0.1, -0.05) is 6.92 Å². The van der Waals surface area contributed by atoms with Crippen LogP contribution in [0.2, 0.25) is 0 Å². The highest BCUT2D eigenvalue weighted by molar-refractivity contribution is 5.08. The molecule has 1 saturated heterocycles. The van der Waals surface area contributed by atoms with Gasteiger partial charge in [0.2, 0.25) is 0 Å². The minimum atomic E-state index is 0.0462. The van der Waals surface area contributed by atoms with E-state index < -0.39 is 0 Å². The van der Waals surface area contributed by atoms with Gasteiger partial charge in [-0.15, -0.1) is 0 Å². The van der Waals surface area contributed by atoms with Crippen LogP contribution in [0.25, 0.3) is 0 Å². The normalized spacial score (nSPS) is 28.1. The van der Waals surface area contributed by atoms with Gasteiger partial charge in [0, 0.05) is 13.1 Å². The molecule has 2 rings (SSSR count). The number of morpholine rings is 1. The van der Waals surface area contributed by atoms with Crippen molar-refractivity contribution in [2.24, 2.45) is 5.73 Å². The van der Waals surface area contributed by atoms with Crippen LogP contribution in [0.5, 0.6) is 0 Å². The molecular formula is C11H18N2O2. The number of nitrogens with zero attached hydrogens (tertiary/aromatic N) is 1. The Kier molecular flexibility index (Phi) is 3.41. The molecule has 2 atom stereocenters. The van der Waals surface area contributed by atoms with E-state index in [2.05, 4.69) is 11.8 Å². The van der Waals surface area contributed by atoms with Crippen molar-refractivity contribution >= 4 is 0 Å². The van der Waals surface area contributed by atoms with Crippen LogP contribution >= 0.6 is 0 Å². The van der Waals surface area contributed by atoms with Crippen LogP contribution in [0.4, 0.5) is 0 Å². The molecule has 2 heterocycles. The molecule has 2 unspecified atom stereocenters. The Morgan fingerprint density at radius 2 is 2.47 bits per heavy atom. The maximum atomic E-state index is 5.72. The molecular weight excluding hydrogens is 192 g/mol. The first-order valence-corrected chi connectivity index (χ1v) is 5.46. The zero-order chi connectivity index (χ0) is 10.7. The first kappa shape index (κ1) is 10.7. The van der Waals surface area contributed by atoms with Crippen LogP contribution in [-0.4, -0.2) is 37.2 Å². The van der Waals surface area contributed by atoms with Crippen LogP contribution in [0, 0.1) is 0 Å². The maximum Gasteiger partial charge on any atom is 0.123 e. The van der Waals surface area contributed by atoms with Crippen molar-refractivity contribution in [2.75, 3.05) is 26.2 Å². The molecule has 0 saturated carbocycles. The molecule has 1 aliphatic rings. The zero-order valence-electron chi connectivity index (χ0n) is 9.06. The van der Waals surface area contributed by atoms with E-state index in [4.69, 9.17) is 14.9 Å². The van der Waals surface area contributed by atoms with Gasteiger partial charge in [0.05, 0.1) is 25.0 Å². The lowest BCUT2D eigenvalue weighted by Gasteiger charge is -2.39. The average molecular weight is 210 g/mol. The van der Waals surface area contributed by atoms with Crippen LogP contribution in [0.15, 0.2) is 22.8 Å². The SMILES string of the molecule is CCN1CCOC(CN)C1c1ccco1. The van der Waals surface area contributed by atoms with Crippen molar-refractivity contribution in [3.63, 3.8) is 0 Å². The minimum absolute atomic E-state index is 0.0462. The van der Waals surface area contributed by atoms with E-state index in [1.165, 1.54) is 0 Å². The van der Waals surface area contributed by atoms with E-state index in [9.17, 15) is 0 Å². The van der Waals surface area contributed by atoms with Crippen molar-refractivity contribution in [3.05, 3.63) is 24.2 Å². The quantitative estimate of drug-likeness (QED) is 0.808. The zero-order valence-corrected chi connectivity index (χ0v) is 9.06. The Labute approximate surface area is 90.0 Å². The molecule has 0 radical (unpaired) electrons. The van der Waals surface area contributed by atoms with E-state index in [0.717, 1.165) is 25.5 Å².